The van der Waals surface area contributed by atoms with E-state index in [1.807, 2.05) is 25.2 Å². The van der Waals surface area contributed by atoms with Gasteiger partial charge in [-0.1, -0.05) is 32.0 Å². The molecule has 3 nitrogen and oxygen atoms in total. The lowest BCUT2D eigenvalue weighted by Crippen LogP contribution is -2.04. The summed E-state index contributed by atoms with van der Waals surface area (Å²) < 4.78 is 1.64. The number of hydrogen-bond acceptors (Lipinski definition) is 2. The topological polar surface area (TPSA) is 34.9 Å². The fraction of sp³-hybridized carbons (Fsp3) is 0.333. The Morgan fingerprint density at radius 2 is 2.11 bits per heavy atom. The first-order valence-corrected chi connectivity index (χ1v) is 6.19. The van der Waals surface area contributed by atoms with Gasteiger partial charge in [0.1, 0.15) is 5.69 Å². The largest absolute Gasteiger partial charge is 0.287 e. The maximum Gasteiger partial charge on any atom is 0.213 e. The first-order chi connectivity index (χ1) is 8.56. The van der Waals surface area contributed by atoms with Gasteiger partial charge < -0.3 is 0 Å². The van der Waals surface area contributed by atoms with Gasteiger partial charge in [0.25, 0.3) is 0 Å². The zero-order chi connectivity index (χ0) is 13.1. The molecule has 0 fully saturated rings. The van der Waals surface area contributed by atoms with Gasteiger partial charge >= 0.3 is 0 Å². The summed E-state index contributed by atoms with van der Waals surface area (Å²) in [6, 6.07) is 9.57. The molecule has 0 aliphatic heterocycles. The van der Waals surface area contributed by atoms with Crippen molar-refractivity contribution in [1.82, 2.24) is 9.78 Å². The average Bonchev–Trinajstić information content (AvgIpc) is 2.74. The van der Waals surface area contributed by atoms with Crippen LogP contribution < -0.4 is 0 Å². The van der Waals surface area contributed by atoms with Crippen LogP contribution in [0, 0.1) is 5.92 Å². The fourth-order valence-electron chi connectivity index (χ4n) is 1.99. The zero-order valence-corrected chi connectivity index (χ0v) is 11.1. The number of benzene rings is 1. The normalized spacial score (nSPS) is 10.9. The molecule has 94 valence electrons. The molecule has 2 aromatic rings. The summed E-state index contributed by atoms with van der Waals surface area (Å²) in [7, 11) is 1.81. The van der Waals surface area contributed by atoms with E-state index in [-0.39, 0.29) is 5.78 Å². The highest BCUT2D eigenvalue weighted by molar-refractivity contribution is 6.07. The van der Waals surface area contributed by atoms with Gasteiger partial charge in [-0.05, 0) is 30.0 Å². The molecule has 0 aliphatic carbocycles. The molecular formula is C15H18N2O. The minimum atomic E-state index is -0.0128. The number of aromatic nitrogens is 2. The summed E-state index contributed by atoms with van der Waals surface area (Å²) >= 11 is 0. The standard InChI is InChI=1S/C15H18N2O/c1-11(2)9-12-5-4-6-13(10-12)15(18)14-7-8-17(3)16-14/h4-8,10-11H,9H2,1-3H3. The Morgan fingerprint density at radius 1 is 1.33 bits per heavy atom. The van der Waals surface area contributed by atoms with Gasteiger partial charge in [-0.3, -0.25) is 9.48 Å². The summed E-state index contributed by atoms with van der Waals surface area (Å²) in [4.78, 5) is 12.2. The Hall–Kier alpha value is -1.90. The first-order valence-electron chi connectivity index (χ1n) is 6.19. The van der Waals surface area contributed by atoms with E-state index in [1.165, 1.54) is 5.56 Å². The monoisotopic (exact) mass is 242 g/mol. The van der Waals surface area contributed by atoms with Gasteiger partial charge in [0.05, 0.1) is 0 Å². The minimum absolute atomic E-state index is 0.0128. The molecule has 3 heteroatoms. The second-order valence-electron chi connectivity index (χ2n) is 5.00. The Morgan fingerprint density at radius 3 is 2.72 bits per heavy atom. The summed E-state index contributed by atoms with van der Waals surface area (Å²) in [6.45, 7) is 4.35. The van der Waals surface area contributed by atoms with Crippen molar-refractivity contribution < 1.29 is 4.79 Å². The molecule has 0 radical (unpaired) electrons. The van der Waals surface area contributed by atoms with Gasteiger partial charge in [-0.25, -0.2) is 0 Å². The van der Waals surface area contributed by atoms with Crippen molar-refractivity contribution in [3.05, 3.63) is 53.3 Å². The molecule has 0 bridgehead atoms. The molecule has 1 aromatic heterocycles. The number of rotatable bonds is 4. The molecule has 1 heterocycles. The summed E-state index contributed by atoms with van der Waals surface area (Å²) in [5.41, 5.74) is 2.41. The molecule has 0 amide bonds. The number of aryl methyl sites for hydroxylation is 1. The van der Waals surface area contributed by atoms with Crippen LogP contribution in [0.4, 0.5) is 0 Å². The highest BCUT2D eigenvalue weighted by atomic mass is 16.1. The second-order valence-corrected chi connectivity index (χ2v) is 5.00. The van der Waals surface area contributed by atoms with Crippen molar-refractivity contribution in [2.75, 3.05) is 0 Å². The van der Waals surface area contributed by atoms with Gasteiger partial charge in [0.15, 0.2) is 0 Å². The molecule has 1 aromatic carbocycles. The number of ketones is 1. The van der Waals surface area contributed by atoms with E-state index < -0.39 is 0 Å². The number of carbonyl (C=O) groups is 1. The molecule has 2 rings (SSSR count). The smallest absolute Gasteiger partial charge is 0.213 e. The zero-order valence-electron chi connectivity index (χ0n) is 11.1. The third-order valence-corrected chi connectivity index (χ3v) is 2.78. The van der Waals surface area contributed by atoms with Crippen LogP contribution in [0.25, 0.3) is 0 Å². The van der Waals surface area contributed by atoms with Gasteiger partial charge in [-0.2, -0.15) is 5.10 Å². The molecule has 0 N–H and O–H groups in total. The quantitative estimate of drug-likeness (QED) is 0.773. The first kappa shape index (κ1) is 12.6. The highest BCUT2D eigenvalue weighted by Crippen LogP contribution is 2.13. The maximum absolute atomic E-state index is 12.2. The Labute approximate surface area is 107 Å². The van der Waals surface area contributed by atoms with Crippen molar-refractivity contribution in [3.63, 3.8) is 0 Å². The van der Waals surface area contributed by atoms with E-state index in [4.69, 9.17) is 0 Å². The number of nitrogens with zero attached hydrogens (tertiary/aromatic N) is 2. The number of hydrogen-bond donors (Lipinski definition) is 0. The van der Waals surface area contributed by atoms with Gasteiger partial charge in [0, 0.05) is 18.8 Å². The second kappa shape index (κ2) is 5.17. The predicted molar refractivity (Wildman–Crippen MR) is 71.6 cm³/mol. The highest BCUT2D eigenvalue weighted by Gasteiger charge is 2.12. The minimum Gasteiger partial charge on any atom is -0.287 e. The lowest BCUT2D eigenvalue weighted by Gasteiger charge is -2.06. The van der Waals surface area contributed by atoms with E-state index in [1.54, 1.807) is 16.9 Å². The number of carbonyl (C=O) groups excluding carboxylic acids is 1. The fourth-order valence-corrected chi connectivity index (χ4v) is 1.99. The molecular weight excluding hydrogens is 224 g/mol. The van der Waals surface area contributed by atoms with E-state index in [0.717, 1.165) is 6.42 Å². The Balaban J connectivity index is 2.25. The van der Waals surface area contributed by atoms with Crippen molar-refractivity contribution in [2.24, 2.45) is 13.0 Å². The van der Waals surface area contributed by atoms with Gasteiger partial charge in [0.2, 0.25) is 5.78 Å². The van der Waals surface area contributed by atoms with Crippen molar-refractivity contribution in [1.29, 1.82) is 0 Å². The van der Waals surface area contributed by atoms with Crippen LogP contribution in [0.2, 0.25) is 0 Å². The lowest BCUT2D eigenvalue weighted by molar-refractivity contribution is 0.103. The van der Waals surface area contributed by atoms with Crippen LogP contribution in [0.15, 0.2) is 36.5 Å². The van der Waals surface area contributed by atoms with Crippen molar-refractivity contribution >= 4 is 5.78 Å². The molecule has 0 saturated carbocycles. The van der Waals surface area contributed by atoms with Crippen molar-refractivity contribution in [3.8, 4) is 0 Å². The third-order valence-electron chi connectivity index (χ3n) is 2.78. The summed E-state index contributed by atoms with van der Waals surface area (Å²) in [6.07, 6.45) is 2.77. The SMILES string of the molecule is CC(C)Cc1cccc(C(=O)c2ccn(C)n2)c1. The molecule has 0 unspecified atom stereocenters. The van der Waals surface area contributed by atoms with E-state index in [0.29, 0.717) is 17.2 Å². The molecule has 0 saturated heterocycles. The molecule has 0 aliphatic rings. The van der Waals surface area contributed by atoms with Crippen LogP contribution in [0.1, 0.15) is 35.5 Å². The Bertz CT molecular complexity index is 555. The third kappa shape index (κ3) is 2.86. The maximum atomic E-state index is 12.2. The van der Waals surface area contributed by atoms with Crippen LogP contribution in [0.5, 0.6) is 0 Å². The van der Waals surface area contributed by atoms with Crippen LogP contribution >= 0.6 is 0 Å². The molecule has 0 atom stereocenters. The summed E-state index contributed by atoms with van der Waals surface area (Å²) in [5, 5.41) is 4.14. The molecule has 18 heavy (non-hydrogen) atoms. The van der Waals surface area contributed by atoms with Crippen LogP contribution in [-0.4, -0.2) is 15.6 Å². The van der Waals surface area contributed by atoms with Crippen molar-refractivity contribution in [2.45, 2.75) is 20.3 Å². The van der Waals surface area contributed by atoms with E-state index in [9.17, 15) is 4.79 Å². The van der Waals surface area contributed by atoms with Crippen LogP contribution in [0.3, 0.4) is 0 Å². The van der Waals surface area contributed by atoms with Gasteiger partial charge in [-0.15, -0.1) is 0 Å². The average molecular weight is 242 g/mol. The lowest BCUT2D eigenvalue weighted by atomic mass is 9.99. The van der Waals surface area contributed by atoms with Crippen LogP contribution in [-0.2, 0) is 13.5 Å². The summed E-state index contributed by atoms with van der Waals surface area (Å²) in [5.74, 6) is 0.575. The predicted octanol–water partition coefficient (Wildman–Crippen LogP) is 2.85. The van der Waals surface area contributed by atoms with E-state index in [2.05, 4.69) is 25.0 Å². The van der Waals surface area contributed by atoms with E-state index >= 15 is 0 Å². The Kier molecular flexibility index (Phi) is 3.60. The molecule has 0 spiro atoms.